The zero-order chi connectivity index (χ0) is 17.5. The molecule has 2 rings (SSSR count). The normalized spacial score (nSPS) is 29.8. The molecule has 6 heteroatoms. The standard InChI is InChI=1S/C18H32N2O4/c1-12(2)18(23)20-14-6-8-16(11-14)24-9-3-4-17(22)19-13-5-7-15(21)10-13/h12-16,21H,3-11H2,1-2H3,(H,19,22)(H,20,23)/t13-,14-,15+,16-/m1/s1. The van der Waals surface area contributed by atoms with Gasteiger partial charge in [0.05, 0.1) is 12.2 Å². The van der Waals surface area contributed by atoms with Crippen LogP contribution in [0.1, 0.15) is 65.2 Å². The lowest BCUT2D eigenvalue weighted by molar-refractivity contribution is -0.125. The van der Waals surface area contributed by atoms with E-state index in [-0.39, 0.29) is 42.0 Å². The van der Waals surface area contributed by atoms with E-state index in [0.717, 1.165) is 32.1 Å². The van der Waals surface area contributed by atoms with Gasteiger partial charge in [0.25, 0.3) is 0 Å². The molecule has 0 aromatic carbocycles. The summed E-state index contributed by atoms with van der Waals surface area (Å²) in [4.78, 5) is 23.5. The Bertz CT molecular complexity index is 427. The molecule has 0 aliphatic heterocycles. The highest BCUT2D eigenvalue weighted by Gasteiger charge is 2.27. The minimum absolute atomic E-state index is 0.0180. The van der Waals surface area contributed by atoms with Gasteiger partial charge in [0.1, 0.15) is 0 Å². The lowest BCUT2D eigenvalue weighted by Crippen LogP contribution is -2.36. The third-order valence-electron chi connectivity index (χ3n) is 4.93. The summed E-state index contributed by atoms with van der Waals surface area (Å²) in [6.07, 6.45) is 6.23. The predicted octanol–water partition coefficient (Wildman–Crippen LogP) is 1.51. The number of carbonyl (C=O) groups is 2. The number of carbonyl (C=O) groups excluding carboxylic acids is 2. The maximum Gasteiger partial charge on any atom is 0.222 e. The van der Waals surface area contributed by atoms with Crippen LogP contribution in [0, 0.1) is 5.92 Å². The zero-order valence-corrected chi connectivity index (χ0v) is 14.9. The Kier molecular flexibility index (Phi) is 7.49. The van der Waals surface area contributed by atoms with Gasteiger partial charge in [-0.2, -0.15) is 0 Å². The number of hydrogen-bond donors (Lipinski definition) is 3. The van der Waals surface area contributed by atoms with Crippen molar-refractivity contribution in [1.29, 1.82) is 0 Å². The summed E-state index contributed by atoms with van der Waals surface area (Å²) >= 11 is 0. The molecule has 24 heavy (non-hydrogen) atoms. The molecule has 0 spiro atoms. The molecule has 0 aromatic rings. The Balaban J connectivity index is 1.52. The summed E-state index contributed by atoms with van der Waals surface area (Å²) in [6, 6.07) is 0.357. The molecule has 2 aliphatic carbocycles. The van der Waals surface area contributed by atoms with Crippen LogP contribution in [0.25, 0.3) is 0 Å². The molecule has 0 saturated heterocycles. The van der Waals surface area contributed by atoms with Crippen LogP contribution in [0.5, 0.6) is 0 Å². The smallest absolute Gasteiger partial charge is 0.222 e. The summed E-state index contributed by atoms with van der Waals surface area (Å²) in [5.74, 6) is 0.171. The van der Waals surface area contributed by atoms with E-state index >= 15 is 0 Å². The zero-order valence-electron chi connectivity index (χ0n) is 14.9. The summed E-state index contributed by atoms with van der Waals surface area (Å²) < 4.78 is 5.84. The topological polar surface area (TPSA) is 87.7 Å². The van der Waals surface area contributed by atoms with Crippen molar-refractivity contribution in [1.82, 2.24) is 10.6 Å². The number of ether oxygens (including phenoxy) is 1. The molecule has 0 bridgehead atoms. The van der Waals surface area contributed by atoms with Gasteiger partial charge < -0.3 is 20.5 Å². The van der Waals surface area contributed by atoms with Crippen LogP contribution < -0.4 is 10.6 Å². The van der Waals surface area contributed by atoms with Gasteiger partial charge in [0.2, 0.25) is 11.8 Å². The maximum atomic E-state index is 11.8. The molecule has 2 fully saturated rings. The molecule has 4 atom stereocenters. The predicted molar refractivity (Wildman–Crippen MR) is 91.4 cm³/mol. The van der Waals surface area contributed by atoms with E-state index in [9.17, 15) is 14.7 Å². The van der Waals surface area contributed by atoms with Gasteiger partial charge >= 0.3 is 0 Å². The minimum Gasteiger partial charge on any atom is -0.393 e. The first-order chi connectivity index (χ1) is 11.4. The van der Waals surface area contributed by atoms with E-state index in [2.05, 4.69) is 10.6 Å². The fourth-order valence-electron chi connectivity index (χ4n) is 3.46. The molecule has 0 heterocycles. The molecule has 2 saturated carbocycles. The van der Waals surface area contributed by atoms with Gasteiger partial charge in [-0.25, -0.2) is 0 Å². The summed E-state index contributed by atoms with van der Waals surface area (Å²) in [5.41, 5.74) is 0. The molecule has 2 aliphatic rings. The highest BCUT2D eigenvalue weighted by Crippen LogP contribution is 2.23. The maximum absolute atomic E-state index is 11.8. The fourth-order valence-corrected chi connectivity index (χ4v) is 3.46. The molecule has 0 unspecified atom stereocenters. The van der Waals surface area contributed by atoms with Gasteiger partial charge in [-0.3, -0.25) is 9.59 Å². The third kappa shape index (κ3) is 6.40. The van der Waals surface area contributed by atoms with Crippen molar-refractivity contribution < 1.29 is 19.4 Å². The number of nitrogens with one attached hydrogen (secondary N) is 2. The monoisotopic (exact) mass is 340 g/mol. The van der Waals surface area contributed by atoms with Gasteiger partial charge in [-0.1, -0.05) is 13.8 Å². The number of rotatable bonds is 8. The lowest BCUT2D eigenvalue weighted by Gasteiger charge is -2.16. The van der Waals surface area contributed by atoms with E-state index in [1.54, 1.807) is 0 Å². The van der Waals surface area contributed by atoms with E-state index in [1.807, 2.05) is 13.8 Å². The number of aliphatic hydroxyl groups is 1. The molecule has 138 valence electrons. The number of hydrogen-bond acceptors (Lipinski definition) is 4. The van der Waals surface area contributed by atoms with E-state index in [4.69, 9.17) is 4.74 Å². The van der Waals surface area contributed by atoms with Crippen molar-refractivity contribution in [3.05, 3.63) is 0 Å². The van der Waals surface area contributed by atoms with E-state index < -0.39 is 0 Å². The highest BCUT2D eigenvalue weighted by molar-refractivity contribution is 5.78. The lowest BCUT2D eigenvalue weighted by atomic mass is 10.1. The van der Waals surface area contributed by atoms with Crippen LogP contribution in [-0.4, -0.2) is 47.8 Å². The Morgan fingerprint density at radius 3 is 2.46 bits per heavy atom. The third-order valence-corrected chi connectivity index (χ3v) is 4.93. The first-order valence-corrected chi connectivity index (χ1v) is 9.33. The Morgan fingerprint density at radius 2 is 1.79 bits per heavy atom. The van der Waals surface area contributed by atoms with Crippen molar-refractivity contribution in [3.63, 3.8) is 0 Å². The molecule has 2 amide bonds. The van der Waals surface area contributed by atoms with Crippen molar-refractivity contribution in [3.8, 4) is 0 Å². The van der Waals surface area contributed by atoms with Crippen LogP contribution in [0.15, 0.2) is 0 Å². The van der Waals surface area contributed by atoms with Crippen LogP contribution in [0.4, 0.5) is 0 Å². The van der Waals surface area contributed by atoms with Crippen LogP contribution in [0.3, 0.4) is 0 Å². The summed E-state index contributed by atoms with van der Waals surface area (Å²) in [6.45, 7) is 4.38. The van der Waals surface area contributed by atoms with Gasteiger partial charge in [0, 0.05) is 31.0 Å². The largest absolute Gasteiger partial charge is 0.393 e. The van der Waals surface area contributed by atoms with E-state index in [1.165, 1.54) is 0 Å². The second-order valence-corrected chi connectivity index (χ2v) is 7.50. The van der Waals surface area contributed by atoms with Crippen molar-refractivity contribution in [2.24, 2.45) is 5.92 Å². The number of amides is 2. The minimum atomic E-state index is -0.259. The average molecular weight is 340 g/mol. The fraction of sp³-hybridized carbons (Fsp3) is 0.889. The highest BCUT2D eigenvalue weighted by atomic mass is 16.5. The Hall–Kier alpha value is -1.14. The second kappa shape index (κ2) is 9.37. The molecular formula is C18H32N2O4. The SMILES string of the molecule is CC(C)C(=O)N[C@@H]1CC[C@@H](OCCCC(=O)N[C@@H]2CC[C@H](O)C2)C1. The Labute approximate surface area is 144 Å². The summed E-state index contributed by atoms with van der Waals surface area (Å²) in [5, 5.41) is 15.5. The van der Waals surface area contributed by atoms with Gasteiger partial charge in [0.15, 0.2) is 0 Å². The van der Waals surface area contributed by atoms with Crippen LogP contribution in [0.2, 0.25) is 0 Å². The average Bonchev–Trinajstić information content (AvgIpc) is 3.13. The van der Waals surface area contributed by atoms with Crippen molar-refractivity contribution in [2.45, 2.75) is 89.5 Å². The first kappa shape index (κ1) is 19.2. The molecule has 0 radical (unpaired) electrons. The molecule has 6 nitrogen and oxygen atoms in total. The molecule has 0 aromatic heterocycles. The Morgan fingerprint density at radius 1 is 1.08 bits per heavy atom. The summed E-state index contributed by atoms with van der Waals surface area (Å²) in [7, 11) is 0. The van der Waals surface area contributed by atoms with Crippen LogP contribution in [-0.2, 0) is 14.3 Å². The van der Waals surface area contributed by atoms with Crippen molar-refractivity contribution in [2.75, 3.05) is 6.61 Å². The first-order valence-electron chi connectivity index (χ1n) is 9.33. The van der Waals surface area contributed by atoms with E-state index in [0.29, 0.717) is 25.9 Å². The van der Waals surface area contributed by atoms with Crippen molar-refractivity contribution >= 4 is 11.8 Å². The van der Waals surface area contributed by atoms with Crippen LogP contribution >= 0.6 is 0 Å². The number of aliphatic hydroxyl groups excluding tert-OH is 1. The quantitative estimate of drug-likeness (QED) is 0.585. The van der Waals surface area contributed by atoms with Gasteiger partial charge in [-0.05, 0) is 44.9 Å². The molecular weight excluding hydrogens is 308 g/mol. The molecule has 3 N–H and O–H groups in total. The second-order valence-electron chi connectivity index (χ2n) is 7.50. The van der Waals surface area contributed by atoms with Gasteiger partial charge in [-0.15, -0.1) is 0 Å².